The number of aryl methyl sites for hydroxylation is 1. The van der Waals surface area contributed by atoms with E-state index in [1.165, 1.54) is 0 Å². The van der Waals surface area contributed by atoms with E-state index < -0.39 is 0 Å². The monoisotopic (exact) mass is 382 g/mol. The normalized spacial score (nSPS) is 10.3. The summed E-state index contributed by atoms with van der Waals surface area (Å²) in [5, 5.41) is 6.57. The molecule has 0 atom stereocenters. The van der Waals surface area contributed by atoms with Crippen LogP contribution in [0.1, 0.15) is 23.2 Å². The summed E-state index contributed by atoms with van der Waals surface area (Å²) < 4.78 is 5.40. The molecule has 6 nitrogen and oxygen atoms in total. The third kappa shape index (κ3) is 5.18. The highest BCUT2D eigenvalue weighted by atomic mass is 35.5. The Morgan fingerprint density at radius 3 is 2.56 bits per heavy atom. The second kappa shape index (κ2) is 8.51. The van der Waals surface area contributed by atoms with Crippen molar-refractivity contribution in [2.24, 2.45) is 0 Å². The summed E-state index contributed by atoms with van der Waals surface area (Å²) in [7, 11) is 0. The van der Waals surface area contributed by atoms with Gasteiger partial charge in [-0.05, 0) is 56.3 Å². The SMILES string of the molecule is CCOc1ccc(NC(=O)c2cc(Nc3cccc(Cl)c3)nc(C)n2)cc1. The predicted molar refractivity (Wildman–Crippen MR) is 107 cm³/mol. The number of anilines is 3. The van der Waals surface area contributed by atoms with Gasteiger partial charge in [-0.2, -0.15) is 0 Å². The summed E-state index contributed by atoms with van der Waals surface area (Å²) in [6.07, 6.45) is 0. The lowest BCUT2D eigenvalue weighted by Crippen LogP contribution is -2.15. The molecule has 1 aromatic heterocycles. The summed E-state index contributed by atoms with van der Waals surface area (Å²) in [5.74, 6) is 1.43. The average Bonchev–Trinajstić information content (AvgIpc) is 2.63. The number of hydrogen-bond donors (Lipinski definition) is 2. The minimum absolute atomic E-state index is 0.265. The highest BCUT2D eigenvalue weighted by Gasteiger charge is 2.11. The number of nitrogens with zero attached hydrogens (tertiary/aromatic N) is 2. The molecular weight excluding hydrogens is 364 g/mol. The van der Waals surface area contributed by atoms with E-state index in [0.717, 1.165) is 11.4 Å². The van der Waals surface area contributed by atoms with Crippen LogP contribution in [0.5, 0.6) is 5.75 Å². The Kier molecular flexibility index (Phi) is 5.88. The maximum absolute atomic E-state index is 12.6. The quantitative estimate of drug-likeness (QED) is 0.638. The number of ether oxygens (including phenoxy) is 1. The summed E-state index contributed by atoms with van der Waals surface area (Å²) in [6, 6.07) is 16.0. The van der Waals surface area contributed by atoms with E-state index in [1.807, 2.05) is 19.1 Å². The molecule has 27 heavy (non-hydrogen) atoms. The average molecular weight is 383 g/mol. The van der Waals surface area contributed by atoms with Gasteiger partial charge in [-0.25, -0.2) is 9.97 Å². The molecule has 7 heteroatoms. The molecule has 0 saturated carbocycles. The van der Waals surface area contributed by atoms with Crippen molar-refractivity contribution in [1.82, 2.24) is 9.97 Å². The van der Waals surface area contributed by atoms with Gasteiger partial charge in [0.05, 0.1) is 6.61 Å². The summed E-state index contributed by atoms with van der Waals surface area (Å²) in [6.45, 7) is 4.24. The van der Waals surface area contributed by atoms with Crippen LogP contribution in [0.15, 0.2) is 54.6 Å². The first kappa shape index (κ1) is 18.7. The minimum atomic E-state index is -0.321. The maximum Gasteiger partial charge on any atom is 0.274 e. The van der Waals surface area contributed by atoms with Crippen LogP contribution in [0.25, 0.3) is 0 Å². The van der Waals surface area contributed by atoms with Gasteiger partial charge < -0.3 is 15.4 Å². The molecule has 0 aliphatic rings. The van der Waals surface area contributed by atoms with Crippen LogP contribution in [0, 0.1) is 6.92 Å². The third-order valence-corrected chi connectivity index (χ3v) is 3.83. The van der Waals surface area contributed by atoms with Crippen LogP contribution in [0.4, 0.5) is 17.2 Å². The van der Waals surface area contributed by atoms with Gasteiger partial charge >= 0.3 is 0 Å². The summed E-state index contributed by atoms with van der Waals surface area (Å²) in [5.41, 5.74) is 1.70. The van der Waals surface area contributed by atoms with E-state index in [4.69, 9.17) is 16.3 Å². The molecule has 0 aliphatic carbocycles. The van der Waals surface area contributed by atoms with E-state index in [2.05, 4.69) is 20.6 Å². The zero-order valence-electron chi connectivity index (χ0n) is 15.0. The molecule has 0 unspecified atom stereocenters. The molecule has 2 N–H and O–H groups in total. The lowest BCUT2D eigenvalue weighted by atomic mass is 10.2. The number of carbonyl (C=O) groups excluding carboxylic acids is 1. The Morgan fingerprint density at radius 2 is 1.85 bits per heavy atom. The Bertz CT molecular complexity index is 945. The highest BCUT2D eigenvalue weighted by molar-refractivity contribution is 6.30. The highest BCUT2D eigenvalue weighted by Crippen LogP contribution is 2.20. The van der Waals surface area contributed by atoms with Gasteiger partial charge in [0.1, 0.15) is 23.1 Å². The van der Waals surface area contributed by atoms with Crippen molar-refractivity contribution in [3.8, 4) is 5.75 Å². The number of hydrogen-bond acceptors (Lipinski definition) is 5. The number of benzene rings is 2. The molecule has 138 valence electrons. The molecule has 1 heterocycles. The largest absolute Gasteiger partial charge is 0.494 e. The van der Waals surface area contributed by atoms with Crippen molar-refractivity contribution < 1.29 is 9.53 Å². The number of aromatic nitrogens is 2. The first-order chi connectivity index (χ1) is 13.0. The Balaban J connectivity index is 1.75. The van der Waals surface area contributed by atoms with Crippen LogP contribution in [0.3, 0.4) is 0 Å². The molecule has 3 rings (SSSR count). The molecule has 0 aliphatic heterocycles. The Morgan fingerprint density at radius 1 is 1.07 bits per heavy atom. The van der Waals surface area contributed by atoms with Gasteiger partial charge in [-0.15, -0.1) is 0 Å². The minimum Gasteiger partial charge on any atom is -0.494 e. The number of carbonyl (C=O) groups is 1. The number of rotatable bonds is 6. The fourth-order valence-electron chi connectivity index (χ4n) is 2.46. The fourth-order valence-corrected chi connectivity index (χ4v) is 2.65. The summed E-state index contributed by atoms with van der Waals surface area (Å²) >= 11 is 6.00. The molecule has 1 amide bonds. The molecule has 2 aromatic carbocycles. The van der Waals surface area contributed by atoms with Crippen molar-refractivity contribution in [2.45, 2.75) is 13.8 Å². The maximum atomic E-state index is 12.6. The molecule has 0 radical (unpaired) electrons. The smallest absolute Gasteiger partial charge is 0.274 e. The van der Waals surface area contributed by atoms with Crippen molar-refractivity contribution in [1.29, 1.82) is 0 Å². The molecule has 0 saturated heterocycles. The van der Waals surface area contributed by atoms with Gasteiger partial charge in [0.15, 0.2) is 0 Å². The van der Waals surface area contributed by atoms with Crippen molar-refractivity contribution in [2.75, 3.05) is 17.2 Å². The van der Waals surface area contributed by atoms with E-state index >= 15 is 0 Å². The van der Waals surface area contributed by atoms with Crippen LogP contribution >= 0.6 is 11.6 Å². The van der Waals surface area contributed by atoms with E-state index in [0.29, 0.717) is 29.0 Å². The predicted octanol–water partition coefficient (Wildman–Crippen LogP) is 4.83. The Hall–Kier alpha value is -3.12. The Labute approximate surface area is 162 Å². The molecule has 0 fully saturated rings. The van der Waals surface area contributed by atoms with Gasteiger partial charge in [0, 0.05) is 22.5 Å². The zero-order valence-corrected chi connectivity index (χ0v) is 15.7. The van der Waals surface area contributed by atoms with Crippen LogP contribution in [-0.4, -0.2) is 22.5 Å². The lowest BCUT2D eigenvalue weighted by molar-refractivity contribution is 0.102. The fraction of sp³-hybridized carbons (Fsp3) is 0.150. The van der Waals surface area contributed by atoms with Gasteiger partial charge in [-0.3, -0.25) is 4.79 Å². The lowest BCUT2D eigenvalue weighted by Gasteiger charge is -2.10. The van der Waals surface area contributed by atoms with Gasteiger partial charge in [0.25, 0.3) is 5.91 Å². The first-order valence-corrected chi connectivity index (χ1v) is 8.84. The van der Waals surface area contributed by atoms with Gasteiger partial charge in [-0.1, -0.05) is 17.7 Å². The number of amides is 1. The van der Waals surface area contributed by atoms with Crippen molar-refractivity contribution in [3.63, 3.8) is 0 Å². The molecular formula is C20H19ClN4O2. The second-order valence-electron chi connectivity index (χ2n) is 5.73. The number of halogens is 1. The number of nitrogens with one attached hydrogen (secondary N) is 2. The van der Waals surface area contributed by atoms with E-state index in [9.17, 15) is 4.79 Å². The van der Waals surface area contributed by atoms with Crippen molar-refractivity contribution >= 4 is 34.7 Å². The van der Waals surface area contributed by atoms with Crippen LogP contribution < -0.4 is 15.4 Å². The molecule has 0 spiro atoms. The zero-order chi connectivity index (χ0) is 19.2. The molecule has 3 aromatic rings. The molecule has 0 bridgehead atoms. The third-order valence-electron chi connectivity index (χ3n) is 3.59. The van der Waals surface area contributed by atoms with Crippen LogP contribution in [0.2, 0.25) is 5.02 Å². The van der Waals surface area contributed by atoms with E-state index in [-0.39, 0.29) is 11.6 Å². The van der Waals surface area contributed by atoms with Gasteiger partial charge in [0.2, 0.25) is 0 Å². The summed E-state index contributed by atoms with van der Waals surface area (Å²) in [4.78, 5) is 21.1. The first-order valence-electron chi connectivity index (χ1n) is 8.46. The second-order valence-corrected chi connectivity index (χ2v) is 6.17. The van der Waals surface area contributed by atoms with Crippen LogP contribution in [-0.2, 0) is 0 Å². The standard InChI is InChI=1S/C20H19ClN4O2/c1-3-27-17-9-7-15(8-10-17)25-20(26)18-12-19(23-13(2)22-18)24-16-6-4-5-14(21)11-16/h4-12H,3H2,1-2H3,(H,25,26)(H,22,23,24). The van der Waals surface area contributed by atoms with Crippen molar-refractivity contribution in [3.05, 3.63) is 71.1 Å². The topological polar surface area (TPSA) is 76.1 Å². The van der Waals surface area contributed by atoms with E-state index in [1.54, 1.807) is 49.4 Å².